The SMILES string of the molecule is Cc1nc(Cc2ccc(Cl)cc2)nc(C)c1C1CCCN1. The van der Waals surface area contributed by atoms with E-state index in [4.69, 9.17) is 21.6 Å². The van der Waals surface area contributed by atoms with Crippen LogP contribution in [0.25, 0.3) is 0 Å². The molecule has 0 bridgehead atoms. The molecule has 1 aliphatic heterocycles. The fourth-order valence-electron chi connectivity index (χ4n) is 3.09. The molecule has 3 rings (SSSR count). The van der Waals surface area contributed by atoms with Gasteiger partial charge in [-0.3, -0.25) is 0 Å². The molecule has 21 heavy (non-hydrogen) atoms. The summed E-state index contributed by atoms with van der Waals surface area (Å²) in [4.78, 5) is 9.42. The maximum atomic E-state index is 5.92. The second kappa shape index (κ2) is 6.12. The highest BCUT2D eigenvalue weighted by atomic mass is 35.5. The molecule has 0 saturated carbocycles. The largest absolute Gasteiger partial charge is 0.310 e. The predicted molar refractivity (Wildman–Crippen MR) is 85.7 cm³/mol. The predicted octanol–water partition coefficient (Wildman–Crippen LogP) is 3.76. The van der Waals surface area contributed by atoms with Crippen LogP contribution in [0.3, 0.4) is 0 Å². The zero-order valence-corrected chi connectivity index (χ0v) is 13.2. The Kier molecular flexibility index (Phi) is 4.22. The average molecular weight is 302 g/mol. The van der Waals surface area contributed by atoms with E-state index in [9.17, 15) is 0 Å². The second-order valence-corrected chi connectivity index (χ2v) is 6.11. The van der Waals surface area contributed by atoms with Crippen molar-refractivity contribution in [2.75, 3.05) is 6.54 Å². The molecule has 3 nitrogen and oxygen atoms in total. The quantitative estimate of drug-likeness (QED) is 0.938. The zero-order chi connectivity index (χ0) is 14.8. The van der Waals surface area contributed by atoms with Crippen molar-refractivity contribution in [3.05, 3.63) is 57.6 Å². The summed E-state index contributed by atoms with van der Waals surface area (Å²) < 4.78 is 0. The Bertz CT molecular complexity index is 608. The van der Waals surface area contributed by atoms with Gasteiger partial charge in [0, 0.05) is 34.4 Å². The van der Waals surface area contributed by atoms with E-state index < -0.39 is 0 Å². The number of hydrogen-bond acceptors (Lipinski definition) is 3. The lowest BCUT2D eigenvalue weighted by molar-refractivity contribution is 0.627. The van der Waals surface area contributed by atoms with Gasteiger partial charge in [0.05, 0.1) is 0 Å². The van der Waals surface area contributed by atoms with Crippen molar-refractivity contribution < 1.29 is 0 Å². The van der Waals surface area contributed by atoms with Crippen molar-refractivity contribution in [1.29, 1.82) is 0 Å². The monoisotopic (exact) mass is 301 g/mol. The van der Waals surface area contributed by atoms with Crippen molar-refractivity contribution in [3.63, 3.8) is 0 Å². The lowest BCUT2D eigenvalue weighted by Crippen LogP contribution is -2.17. The van der Waals surface area contributed by atoms with E-state index in [-0.39, 0.29) is 0 Å². The van der Waals surface area contributed by atoms with Crippen LogP contribution in [0.5, 0.6) is 0 Å². The standard InChI is InChI=1S/C17H20ClN3/c1-11-17(15-4-3-9-19-15)12(2)21-16(20-11)10-13-5-7-14(18)8-6-13/h5-8,15,19H,3-4,9-10H2,1-2H3. The molecule has 1 N–H and O–H groups in total. The fraction of sp³-hybridized carbons (Fsp3) is 0.412. The minimum absolute atomic E-state index is 0.426. The number of nitrogens with zero attached hydrogens (tertiary/aromatic N) is 2. The smallest absolute Gasteiger partial charge is 0.133 e. The van der Waals surface area contributed by atoms with E-state index in [0.29, 0.717) is 6.04 Å². The van der Waals surface area contributed by atoms with Gasteiger partial charge in [-0.05, 0) is 50.9 Å². The van der Waals surface area contributed by atoms with Crippen LogP contribution in [0.2, 0.25) is 5.02 Å². The molecule has 1 aromatic heterocycles. The zero-order valence-electron chi connectivity index (χ0n) is 12.5. The number of nitrogens with one attached hydrogen (secondary N) is 1. The second-order valence-electron chi connectivity index (χ2n) is 5.68. The normalized spacial score (nSPS) is 18.1. The Balaban J connectivity index is 1.85. The summed E-state index contributed by atoms with van der Waals surface area (Å²) in [5, 5.41) is 4.29. The summed E-state index contributed by atoms with van der Waals surface area (Å²) in [6.45, 7) is 5.28. The molecule has 1 aromatic carbocycles. The highest BCUT2D eigenvalue weighted by Gasteiger charge is 2.21. The van der Waals surface area contributed by atoms with Gasteiger partial charge in [0.15, 0.2) is 0 Å². The van der Waals surface area contributed by atoms with Gasteiger partial charge < -0.3 is 5.32 Å². The molecule has 0 radical (unpaired) electrons. The Hall–Kier alpha value is -1.45. The van der Waals surface area contributed by atoms with Gasteiger partial charge in [0.25, 0.3) is 0 Å². The van der Waals surface area contributed by atoms with E-state index >= 15 is 0 Å². The van der Waals surface area contributed by atoms with Crippen LogP contribution in [0, 0.1) is 13.8 Å². The molecule has 110 valence electrons. The molecule has 1 saturated heterocycles. The van der Waals surface area contributed by atoms with Crippen LogP contribution >= 0.6 is 11.6 Å². The number of hydrogen-bond donors (Lipinski definition) is 1. The van der Waals surface area contributed by atoms with Crippen molar-refractivity contribution in [2.24, 2.45) is 0 Å². The Morgan fingerprint density at radius 3 is 2.38 bits per heavy atom. The van der Waals surface area contributed by atoms with Crippen LogP contribution in [-0.4, -0.2) is 16.5 Å². The Labute approximate surface area is 130 Å². The summed E-state index contributed by atoms with van der Waals surface area (Å²) in [6, 6.07) is 8.31. The topological polar surface area (TPSA) is 37.8 Å². The van der Waals surface area contributed by atoms with Gasteiger partial charge in [-0.2, -0.15) is 0 Å². The van der Waals surface area contributed by atoms with Crippen molar-refractivity contribution in [2.45, 2.75) is 39.2 Å². The van der Waals surface area contributed by atoms with Crippen LogP contribution in [0.1, 0.15) is 47.2 Å². The first-order valence-corrected chi connectivity index (χ1v) is 7.83. The maximum Gasteiger partial charge on any atom is 0.133 e. The first-order valence-electron chi connectivity index (χ1n) is 7.45. The molecule has 1 atom stereocenters. The summed E-state index contributed by atoms with van der Waals surface area (Å²) in [5.74, 6) is 0.883. The maximum absolute atomic E-state index is 5.92. The molecule has 0 spiro atoms. The lowest BCUT2D eigenvalue weighted by Gasteiger charge is -2.16. The lowest BCUT2D eigenvalue weighted by atomic mass is 10.0. The van der Waals surface area contributed by atoms with Crippen LogP contribution in [-0.2, 0) is 6.42 Å². The minimum atomic E-state index is 0.426. The number of halogens is 1. The van der Waals surface area contributed by atoms with Crippen LogP contribution < -0.4 is 5.32 Å². The first-order chi connectivity index (χ1) is 10.1. The van der Waals surface area contributed by atoms with Gasteiger partial charge in [-0.15, -0.1) is 0 Å². The van der Waals surface area contributed by atoms with E-state index in [1.807, 2.05) is 24.3 Å². The minimum Gasteiger partial charge on any atom is -0.310 e. The summed E-state index contributed by atoms with van der Waals surface area (Å²) in [6.07, 6.45) is 3.16. The third-order valence-electron chi connectivity index (χ3n) is 4.06. The average Bonchev–Trinajstić information content (AvgIpc) is 2.94. The van der Waals surface area contributed by atoms with Gasteiger partial charge in [-0.1, -0.05) is 23.7 Å². The number of aromatic nitrogens is 2. The van der Waals surface area contributed by atoms with Gasteiger partial charge in [0.1, 0.15) is 5.82 Å². The molecule has 2 heterocycles. The van der Waals surface area contributed by atoms with Crippen molar-refractivity contribution in [1.82, 2.24) is 15.3 Å². The van der Waals surface area contributed by atoms with Crippen LogP contribution in [0.4, 0.5) is 0 Å². The fourth-order valence-corrected chi connectivity index (χ4v) is 3.22. The number of aryl methyl sites for hydroxylation is 2. The molecule has 2 aromatic rings. The van der Waals surface area contributed by atoms with E-state index in [1.165, 1.54) is 24.0 Å². The number of rotatable bonds is 3. The summed E-state index contributed by atoms with van der Waals surface area (Å²) in [7, 11) is 0. The molecule has 1 aliphatic rings. The summed E-state index contributed by atoms with van der Waals surface area (Å²) >= 11 is 5.92. The van der Waals surface area contributed by atoms with E-state index in [0.717, 1.165) is 35.2 Å². The summed E-state index contributed by atoms with van der Waals surface area (Å²) in [5.41, 5.74) is 4.68. The van der Waals surface area contributed by atoms with E-state index in [2.05, 4.69) is 19.2 Å². The Morgan fingerprint density at radius 2 is 1.81 bits per heavy atom. The van der Waals surface area contributed by atoms with Crippen molar-refractivity contribution in [3.8, 4) is 0 Å². The third-order valence-corrected chi connectivity index (χ3v) is 4.31. The van der Waals surface area contributed by atoms with Crippen molar-refractivity contribution >= 4 is 11.6 Å². The molecule has 1 fully saturated rings. The highest BCUT2D eigenvalue weighted by molar-refractivity contribution is 6.30. The van der Waals surface area contributed by atoms with Crippen LogP contribution in [0.15, 0.2) is 24.3 Å². The van der Waals surface area contributed by atoms with E-state index in [1.54, 1.807) is 0 Å². The Morgan fingerprint density at radius 1 is 1.14 bits per heavy atom. The molecule has 1 unspecified atom stereocenters. The number of benzene rings is 1. The van der Waals surface area contributed by atoms with Gasteiger partial charge >= 0.3 is 0 Å². The molecule has 0 amide bonds. The van der Waals surface area contributed by atoms with Gasteiger partial charge in [-0.25, -0.2) is 9.97 Å². The molecule has 4 heteroatoms. The molecular weight excluding hydrogens is 282 g/mol. The first kappa shape index (κ1) is 14.5. The van der Waals surface area contributed by atoms with Gasteiger partial charge in [0.2, 0.25) is 0 Å². The molecular formula is C17H20ClN3. The third kappa shape index (κ3) is 3.25. The highest BCUT2D eigenvalue weighted by Crippen LogP contribution is 2.27. The molecule has 0 aliphatic carbocycles.